The van der Waals surface area contributed by atoms with E-state index in [9.17, 15) is 9.59 Å². The van der Waals surface area contributed by atoms with Crippen LogP contribution in [0.1, 0.15) is 21.6 Å². The van der Waals surface area contributed by atoms with Crippen LogP contribution in [0.3, 0.4) is 0 Å². The molecule has 11 nitrogen and oxygen atoms in total. The predicted octanol–water partition coefficient (Wildman–Crippen LogP) is 3.82. The Bertz CT molecular complexity index is 1540. The number of carbonyl (C=O) groups is 2. The first kappa shape index (κ1) is 25.0. The van der Waals surface area contributed by atoms with Crippen LogP contribution in [0, 0.1) is 0 Å². The maximum atomic E-state index is 13.2. The third-order valence-electron chi connectivity index (χ3n) is 6.79. The summed E-state index contributed by atoms with van der Waals surface area (Å²) in [4.78, 5) is 36.6. The van der Waals surface area contributed by atoms with Gasteiger partial charge in [0.25, 0.3) is 5.91 Å². The first-order valence-corrected chi connectivity index (χ1v) is 13.3. The summed E-state index contributed by atoms with van der Waals surface area (Å²) in [5.41, 5.74) is 5.73. The quantitative estimate of drug-likeness (QED) is 0.401. The molecular weight excluding hydrogens is 520 g/mol. The zero-order valence-electron chi connectivity index (χ0n) is 21.5. The number of hydrogen-bond acceptors (Lipinski definition) is 9. The van der Waals surface area contributed by atoms with Gasteiger partial charge in [-0.1, -0.05) is 11.3 Å². The molecule has 0 saturated carbocycles. The third kappa shape index (κ3) is 4.61. The number of pyridine rings is 1. The number of aromatic nitrogens is 4. The van der Waals surface area contributed by atoms with Gasteiger partial charge in [0.15, 0.2) is 5.13 Å². The van der Waals surface area contributed by atoms with Gasteiger partial charge < -0.3 is 19.1 Å². The number of ether oxygens (including phenoxy) is 3. The molecule has 1 aromatic carbocycles. The number of amides is 2. The van der Waals surface area contributed by atoms with Gasteiger partial charge in [-0.3, -0.25) is 15.1 Å². The highest BCUT2D eigenvalue weighted by Gasteiger charge is 2.31. The number of morpholine rings is 1. The van der Waals surface area contributed by atoms with Crippen LogP contribution in [0.2, 0.25) is 0 Å². The van der Waals surface area contributed by atoms with Crippen LogP contribution >= 0.6 is 11.3 Å². The van der Waals surface area contributed by atoms with Gasteiger partial charge in [0.2, 0.25) is 0 Å². The Morgan fingerprint density at radius 2 is 1.97 bits per heavy atom. The monoisotopic (exact) mass is 546 g/mol. The van der Waals surface area contributed by atoms with Crippen molar-refractivity contribution < 1.29 is 23.8 Å². The molecule has 2 amide bonds. The molecule has 1 aliphatic carbocycles. The Morgan fingerprint density at radius 3 is 2.72 bits per heavy atom. The summed E-state index contributed by atoms with van der Waals surface area (Å²) in [6, 6.07) is 9.27. The standard InChI is InChI=1S/C27H26N6O5S/c1-36-21-14-16(25(34)32-10-12-38-13-11-32)5-8-20(21)33-23-18(22(31-33)17-4-3-9-28-15-17)6-7-19-24(23)39-26(29-19)30-27(35)37-2/h3-5,8-9,14-15H,6-7,10-13H2,1-2H3,(H,29,30,35). The predicted molar refractivity (Wildman–Crippen MR) is 145 cm³/mol. The Hall–Kier alpha value is -4.29. The molecule has 0 radical (unpaired) electrons. The highest BCUT2D eigenvalue weighted by atomic mass is 32.1. The molecule has 0 unspecified atom stereocenters. The summed E-state index contributed by atoms with van der Waals surface area (Å²) in [6.45, 7) is 2.17. The summed E-state index contributed by atoms with van der Waals surface area (Å²) in [5.74, 6) is 0.451. The Kier molecular flexibility index (Phi) is 6.71. The van der Waals surface area contributed by atoms with Crippen molar-refractivity contribution in [2.75, 3.05) is 45.8 Å². The summed E-state index contributed by atoms with van der Waals surface area (Å²) in [7, 11) is 2.90. The van der Waals surface area contributed by atoms with Crippen LogP contribution < -0.4 is 10.1 Å². The van der Waals surface area contributed by atoms with Gasteiger partial charge in [0.05, 0.1) is 49.4 Å². The average molecular weight is 547 g/mol. The van der Waals surface area contributed by atoms with Crippen LogP contribution in [0.15, 0.2) is 42.7 Å². The molecule has 39 heavy (non-hydrogen) atoms. The maximum absolute atomic E-state index is 13.2. The zero-order chi connectivity index (χ0) is 26.9. The lowest BCUT2D eigenvalue weighted by Gasteiger charge is -2.27. The largest absolute Gasteiger partial charge is 0.494 e. The topological polar surface area (TPSA) is 121 Å². The molecule has 0 bridgehead atoms. The molecule has 1 fully saturated rings. The van der Waals surface area contributed by atoms with Gasteiger partial charge in [-0.05, 0) is 43.2 Å². The summed E-state index contributed by atoms with van der Waals surface area (Å²) >= 11 is 1.37. The van der Waals surface area contributed by atoms with E-state index in [2.05, 4.69) is 15.3 Å². The molecule has 6 rings (SSSR count). The summed E-state index contributed by atoms with van der Waals surface area (Å²) < 4.78 is 17.8. The molecule has 1 aliphatic heterocycles. The molecule has 4 heterocycles. The number of fused-ring (bicyclic) bond motifs is 3. The zero-order valence-corrected chi connectivity index (χ0v) is 22.3. The molecule has 1 saturated heterocycles. The van der Waals surface area contributed by atoms with Crippen molar-refractivity contribution in [3.63, 3.8) is 0 Å². The van der Waals surface area contributed by atoms with E-state index in [1.165, 1.54) is 18.4 Å². The van der Waals surface area contributed by atoms with Crippen LogP contribution in [0.25, 0.3) is 27.5 Å². The molecule has 3 aromatic heterocycles. The minimum absolute atomic E-state index is 0.0648. The molecule has 0 spiro atoms. The van der Waals surface area contributed by atoms with E-state index in [0.717, 1.165) is 33.1 Å². The van der Waals surface area contributed by atoms with E-state index in [1.807, 2.05) is 22.9 Å². The van der Waals surface area contributed by atoms with E-state index in [-0.39, 0.29) is 5.91 Å². The normalized spacial score (nSPS) is 14.4. The van der Waals surface area contributed by atoms with Crippen molar-refractivity contribution in [1.29, 1.82) is 0 Å². The van der Waals surface area contributed by atoms with E-state index < -0.39 is 6.09 Å². The van der Waals surface area contributed by atoms with Gasteiger partial charge >= 0.3 is 6.09 Å². The fraction of sp³-hybridized carbons (Fsp3) is 0.296. The minimum atomic E-state index is -0.576. The van der Waals surface area contributed by atoms with Gasteiger partial charge in [-0.25, -0.2) is 14.5 Å². The van der Waals surface area contributed by atoms with Crippen molar-refractivity contribution in [2.45, 2.75) is 12.8 Å². The lowest BCUT2D eigenvalue weighted by molar-refractivity contribution is 0.0302. The SMILES string of the molecule is COC(=O)Nc1nc2c(s1)-c1c(c(-c3cccnc3)nn1-c1ccc(C(=O)N3CCOCC3)cc1OC)CC2. The Labute approximate surface area is 228 Å². The van der Waals surface area contributed by atoms with E-state index in [1.54, 1.807) is 36.5 Å². The number of rotatable bonds is 5. The van der Waals surface area contributed by atoms with Crippen LogP contribution in [0.5, 0.6) is 5.75 Å². The van der Waals surface area contributed by atoms with Crippen molar-refractivity contribution in [3.05, 3.63) is 59.5 Å². The first-order chi connectivity index (χ1) is 19.1. The van der Waals surface area contributed by atoms with Crippen molar-refractivity contribution in [1.82, 2.24) is 24.6 Å². The smallest absolute Gasteiger partial charge is 0.413 e. The summed E-state index contributed by atoms with van der Waals surface area (Å²) in [5, 5.41) is 8.18. The number of aryl methyl sites for hydroxylation is 1. The first-order valence-electron chi connectivity index (χ1n) is 12.5. The highest BCUT2D eigenvalue weighted by Crippen LogP contribution is 2.45. The van der Waals surface area contributed by atoms with Crippen molar-refractivity contribution in [2.24, 2.45) is 0 Å². The van der Waals surface area contributed by atoms with Crippen LogP contribution in [-0.2, 0) is 22.3 Å². The minimum Gasteiger partial charge on any atom is -0.494 e. The molecular formula is C27H26N6O5S. The van der Waals surface area contributed by atoms with Crippen molar-refractivity contribution >= 4 is 28.5 Å². The highest BCUT2D eigenvalue weighted by molar-refractivity contribution is 7.19. The average Bonchev–Trinajstić information content (AvgIpc) is 3.58. The van der Waals surface area contributed by atoms with E-state index >= 15 is 0 Å². The second-order valence-corrected chi connectivity index (χ2v) is 10.0. The number of carbonyl (C=O) groups excluding carboxylic acids is 2. The molecule has 200 valence electrons. The third-order valence-corrected chi connectivity index (χ3v) is 7.81. The molecule has 4 aromatic rings. The maximum Gasteiger partial charge on any atom is 0.413 e. The number of anilines is 1. The fourth-order valence-corrected chi connectivity index (χ4v) is 5.96. The number of benzene rings is 1. The number of methoxy groups -OCH3 is 2. The number of nitrogens with zero attached hydrogens (tertiary/aromatic N) is 5. The fourth-order valence-electron chi connectivity index (χ4n) is 4.91. The number of hydrogen-bond donors (Lipinski definition) is 1. The lowest BCUT2D eigenvalue weighted by Crippen LogP contribution is -2.40. The lowest BCUT2D eigenvalue weighted by atomic mass is 9.95. The van der Waals surface area contributed by atoms with Gasteiger partial charge in [0.1, 0.15) is 11.4 Å². The van der Waals surface area contributed by atoms with Crippen LogP contribution in [-0.4, -0.2) is 77.2 Å². The Morgan fingerprint density at radius 1 is 1.13 bits per heavy atom. The van der Waals surface area contributed by atoms with Crippen LogP contribution in [0.4, 0.5) is 9.93 Å². The van der Waals surface area contributed by atoms with E-state index in [4.69, 9.17) is 19.3 Å². The summed E-state index contributed by atoms with van der Waals surface area (Å²) in [6.07, 6.45) is 4.36. The Balaban J connectivity index is 1.48. The molecule has 12 heteroatoms. The van der Waals surface area contributed by atoms with Crippen molar-refractivity contribution in [3.8, 4) is 33.3 Å². The second-order valence-electron chi connectivity index (χ2n) is 9.03. The number of nitrogens with one attached hydrogen (secondary N) is 1. The van der Waals surface area contributed by atoms with Gasteiger partial charge in [-0.15, -0.1) is 0 Å². The molecule has 2 aliphatic rings. The number of thiazole rings is 1. The second kappa shape index (κ2) is 10.5. The molecule has 1 N–H and O–H groups in total. The van der Waals surface area contributed by atoms with Gasteiger partial charge in [-0.2, -0.15) is 5.10 Å². The van der Waals surface area contributed by atoms with E-state index in [0.29, 0.717) is 61.3 Å². The van der Waals surface area contributed by atoms with Gasteiger partial charge in [0, 0.05) is 42.2 Å². The molecule has 0 atom stereocenters.